The zero-order valence-electron chi connectivity index (χ0n) is 10.3. The number of benzene rings is 1. The van der Waals surface area contributed by atoms with Crippen molar-refractivity contribution in [1.29, 1.82) is 0 Å². The Labute approximate surface area is 116 Å². The van der Waals surface area contributed by atoms with E-state index in [4.69, 9.17) is 10.5 Å². The molecule has 2 aromatic rings. The van der Waals surface area contributed by atoms with Gasteiger partial charge in [0.25, 0.3) is 0 Å². The smallest absolute Gasteiger partial charge is 0.241 e. The zero-order valence-corrected chi connectivity index (χ0v) is 11.9. The molecule has 3 N–H and O–H groups in total. The van der Waals surface area contributed by atoms with E-state index < -0.39 is 10.0 Å². The summed E-state index contributed by atoms with van der Waals surface area (Å²) < 4.78 is 31.8. The van der Waals surface area contributed by atoms with Crippen LogP contribution in [-0.2, 0) is 16.6 Å². The van der Waals surface area contributed by atoms with Gasteiger partial charge in [0.15, 0.2) is 0 Å². The lowest BCUT2D eigenvalue weighted by Gasteiger charge is -2.09. The summed E-state index contributed by atoms with van der Waals surface area (Å²) in [6.45, 7) is 0.271. The fraction of sp³-hybridized carbons (Fsp3) is 0.167. The molecule has 0 saturated carbocycles. The highest BCUT2D eigenvalue weighted by atomic mass is 32.2. The topological polar surface area (TPSA) is 81.4 Å². The molecule has 0 radical (unpaired) electrons. The third-order valence-electron chi connectivity index (χ3n) is 2.53. The molecule has 0 saturated heterocycles. The standard InChI is InChI=1S/C12H14N2O3S2/c1-17-12-7-10(4-5-11(12)13)19(15,16)14-8-9-3-2-6-18-9/h2-7,14H,8,13H2,1H3. The highest BCUT2D eigenvalue weighted by Gasteiger charge is 2.15. The van der Waals surface area contributed by atoms with Crippen LogP contribution in [0.25, 0.3) is 0 Å². The van der Waals surface area contributed by atoms with Crippen LogP contribution in [0, 0.1) is 0 Å². The molecule has 0 bridgehead atoms. The Morgan fingerprint density at radius 2 is 2.16 bits per heavy atom. The second-order valence-corrected chi connectivity index (χ2v) is 6.61. The van der Waals surface area contributed by atoms with Crippen LogP contribution in [0.2, 0.25) is 0 Å². The number of methoxy groups -OCH3 is 1. The van der Waals surface area contributed by atoms with Gasteiger partial charge in [0, 0.05) is 17.5 Å². The van der Waals surface area contributed by atoms with E-state index in [9.17, 15) is 8.42 Å². The van der Waals surface area contributed by atoms with E-state index in [1.54, 1.807) is 0 Å². The molecular formula is C12H14N2O3S2. The zero-order chi connectivity index (χ0) is 13.9. The summed E-state index contributed by atoms with van der Waals surface area (Å²) in [5.74, 6) is 0.346. The Kier molecular flexibility index (Phi) is 4.08. The quantitative estimate of drug-likeness (QED) is 0.825. The summed E-state index contributed by atoms with van der Waals surface area (Å²) in [5.41, 5.74) is 6.06. The van der Waals surface area contributed by atoms with Crippen molar-refractivity contribution < 1.29 is 13.2 Å². The Morgan fingerprint density at radius 3 is 2.79 bits per heavy atom. The van der Waals surface area contributed by atoms with Crippen molar-refractivity contribution in [2.75, 3.05) is 12.8 Å². The van der Waals surface area contributed by atoms with Crippen molar-refractivity contribution in [2.45, 2.75) is 11.4 Å². The minimum atomic E-state index is -3.56. The predicted molar refractivity (Wildman–Crippen MR) is 75.8 cm³/mol. The first-order valence-corrected chi connectivity index (χ1v) is 7.85. The number of ether oxygens (including phenoxy) is 1. The molecule has 0 aliphatic heterocycles. The Morgan fingerprint density at radius 1 is 1.37 bits per heavy atom. The van der Waals surface area contributed by atoms with Gasteiger partial charge in [-0.15, -0.1) is 11.3 Å². The van der Waals surface area contributed by atoms with E-state index in [2.05, 4.69) is 4.72 Å². The van der Waals surface area contributed by atoms with Crippen molar-refractivity contribution in [1.82, 2.24) is 4.72 Å². The summed E-state index contributed by atoms with van der Waals surface area (Å²) in [6, 6.07) is 8.12. The summed E-state index contributed by atoms with van der Waals surface area (Å²) in [6.07, 6.45) is 0. The number of hydrogen-bond acceptors (Lipinski definition) is 5. The maximum absolute atomic E-state index is 12.1. The van der Waals surface area contributed by atoms with Crippen molar-refractivity contribution in [3.63, 3.8) is 0 Å². The number of nitrogens with one attached hydrogen (secondary N) is 1. The van der Waals surface area contributed by atoms with E-state index in [0.717, 1.165) is 4.88 Å². The molecule has 0 aliphatic carbocycles. The number of nitrogens with two attached hydrogens (primary N) is 1. The van der Waals surface area contributed by atoms with Crippen molar-refractivity contribution in [2.24, 2.45) is 0 Å². The predicted octanol–water partition coefficient (Wildman–Crippen LogP) is 1.82. The van der Waals surface area contributed by atoms with Gasteiger partial charge in [0.2, 0.25) is 10.0 Å². The summed E-state index contributed by atoms with van der Waals surface area (Å²) in [5, 5.41) is 1.90. The molecule has 1 aromatic heterocycles. The summed E-state index contributed by atoms with van der Waals surface area (Å²) in [4.78, 5) is 1.08. The fourth-order valence-electron chi connectivity index (χ4n) is 1.52. The largest absolute Gasteiger partial charge is 0.495 e. The molecule has 19 heavy (non-hydrogen) atoms. The molecule has 0 aliphatic rings. The van der Waals surface area contributed by atoms with Crippen molar-refractivity contribution in [3.8, 4) is 5.75 Å². The average molecular weight is 298 g/mol. The van der Waals surface area contributed by atoms with Crippen LogP contribution in [0.1, 0.15) is 4.88 Å². The second-order valence-electron chi connectivity index (χ2n) is 3.81. The number of sulfonamides is 1. The van der Waals surface area contributed by atoms with Crippen LogP contribution in [0.4, 0.5) is 5.69 Å². The van der Waals surface area contributed by atoms with Crippen LogP contribution in [0.15, 0.2) is 40.6 Å². The first-order chi connectivity index (χ1) is 9.03. The van der Waals surface area contributed by atoms with Gasteiger partial charge in [-0.3, -0.25) is 0 Å². The highest BCUT2D eigenvalue weighted by Crippen LogP contribution is 2.24. The molecule has 0 fully saturated rings. The monoisotopic (exact) mass is 298 g/mol. The lowest BCUT2D eigenvalue weighted by Crippen LogP contribution is -2.22. The van der Waals surface area contributed by atoms with Gasteiger partial charge in [-0.05, 0) is 23.6 Å². The van der Waals surface area contributed by atoms with Gasteiger partial charge in [0.05, 0.1) is 17.7 Å². The molecule has 1 aromatic carbocycles. The molecule has 1 heterocycles. The first-order valence-electron chi connectivity index (χ1n) is 5.48. The molecule has 2 rings (SSSR count). The van der Waals surface area contributed by atoms with Gasteiger partial charge in [-0.2, -0.15) is 0 Å². The minimum absolute atomic E-state index is 0.134. The maximum atomic E-state index is 12.1. The molecule has 0 atom stereocenters. The normalized spacial score (nSPS) is 11.4. The molecule has 0 amide bonds. The molecule has 5 nitrogen and oxygen atoms in total. The Balaban J connectivity index is 2.19. The molecule has 102 valence electrons. The summed E-state index contributed by atoms with van der Waals surface area (Å²) >= 11 is 1.50. The minimum Gasteiger partial charge on any atom is -0.495 e. The molecular weight excluding hydrogens is 284 g/mol. The molecule has 0 unspecified atom stereocenters. The molecule has 7 heteroatoms. The van der Waals surface area contributed by atoms with E-state index in [1.807, 2.05) is 17.5 Å². The molecule has 0 spiro atoms. The lowest BCUT2D eigenvalue weighted by atomic mass is 10.3. The van der Waals surface area contributed by atoms with E-state index in [1.165, 1.54) is 36.6 Å². The van der Waals surface area contributed by atoms with Crippen LogP contribution >= 0.6 is 11.3 Å². The summed E-state index contributed by atoms with van der Waals surface area (Å²) in [7, 11) is -2.12. The SMILES string of the molecule is COc1cc(S(=O)(=O)NCc2cccs2)ccc1N. The Hall–Kier alpha value is -1.57. The van der Waals surface area contributed by atoms with Crippen LogP contribution in [-0.4, -0.2) is 15.5 Å². The number of nitrogen functional groups attached to an aromatic ring is 1. The number of anilines is 1. The number of hydrogen-bond donors (Lipinski definition) is 2. The third kappa shape index (κ3) is 3.25. The average Bonchev–Trinajstić information content (AvgIpc) is 2.90. The Bertz CT molecular complexity index is 652. The van der Waals surface area contributed by atoms with Gasteiger partial charge in [0.1, 0.15) is 5.75 Å². The van der Waals surface area contributed by atoms with E-state index in [-0.39, 0.29) is 11.4 Å². The third-order valence-corrected chi connectivity index (χ3v) is 4.81. The van der Waals surface area contributed by atoms with Crippen molar-refractivity contribution in [3.05, 3.63) is 40.6 Å². The van der Waals surface area contributed by atoms with Gasteiger partial charge in [-0.1, -0.05) is 6.07 Å². The van der Waals surface area contributed by atoms with Crippen LogP contribution < -0.4 is 15.2 Å². The number of rotatable bonds is 5. The van der Waals surface area contributed by atoms with Gasteiger partial charge >= 0.3 is 0 Å². The van der Waals surface area contributed by atoms with Crippen molar-refractivity contribution >= 4 is 27.0 Å². The second kappa shape index (κ2) is 5.60. The van der Waals surface area contributed by atoms with E-state index >= 15 is 0 Å². The van der Waals surface area contributed by atoms with Gasteiger partial charge < -0.3 is 10.5 Å². The fourth-order valence-corrected chi connectivity index (χ4v) is 3.28. The first kappa shape index (κ1) is 13.9. The van der Waals surface area contributed by atoms with Crippen LogP contribution in [0.3, 0.4) is 0 Å². The highest BCUT2D eigenvalue weighted by molar-refractivity contribution is 7.89. The van der Waals surface area contributed by atoms with E-state index in [0.29, 0.717) is 11.4 Å². The maximum Gasteiger partial charge on any atom is 0.241 e. The van der Waals surface area contributed by atoms with Gasteiger partial charge in [-0.25, -0.2) is 13.1 Å². The number of thiophene rings is 1. The lowest BCUT2D eigenvalue weighted by molar-refractivity contribution is 0.415. The van der Waals surface area contributed by atoms with Crippen LogP contribution in [0.5, 0.6) is 5.75 Å².